The molecule has 1 aromatic rings. The fourth-order valence-electron chi connectivity index (χ4n) is 2.33. The van der Waals surface area contributed by atoms with Crippen LogP contribution in [0, 0.1) is 16.0 Å². The number of anilines is 1. The second-order valence-electron chi connectivity index (χ2n) is 5.06. The number of nitro benzene ring substituents is 1. The third-order valence-corrected chi connectivity index (χ3v) is 3.48. The van der Waals surface area contributed by atoms with Crippen LogP contribution in [0.25, 0.3) is 0 Å². The molecule has 1 aliphatic rings. The zero-order chi connectivity index (χ0) is 16.3. The van der Waals surface area contributed by atoms with Crippen molar-refractivity contribution in [2.45, 2.75) is 19.0 Å². The molecule has 9 heteroatoms. The molecular formula is C13H14F3N3O3. The van der Waals surface area contributed by atoms with Gasteiger partial charge in [0.1, 0.15) is 0 Å². The van der Waals surface area contributed by atoms with Gasteiger partial charge in [-0.15, -0.1) is 0 Å². The van der Waals surface area contributed by atoms with E-state index in [9.17, 15) is 28.1 Å². The first-order chi connectivity index (χ1) is 10.3. The third kappa shape index (κ3) is 3.86. The minimum Gasteiger partial charge on any atom is -0.324 e. The third-order valence-electron chi connectivity index (χ3n) is 3.48. The maximum absolute atomic E-state index is 12.7. The predicted octanol–water partition coefficient (Wildman–Crippen LogP) is 3.40. The zero-order valence-corrected chi connectivity index (χ0v) is 11.5. The second-order valence-corrected chi connectivity index (χ2v) is 5.06. The largest absolute Gasteiger partial charge is 0.393 e. The van der Waals surface area contributed by atoms with Crippen LogP contribution >= 0.6 is 0 Å². The first-order valence-corrected chi connectivity index (χ1v) is 6.64. The molecule has 0 aromatic heterocycles. The van der Waals surface area contributed by atoms with E-state index < -0.39 is 29.6 Å². The summed E-state index contributed by atoms with van der Waals surface area (Å²) in [5.74, 6) is -1.53. The Balaban J connectivity index is 2.03. The fraction of sp³-hybridized carbons (Fsp3) is 0.462. The molecule has 0 bridgehead atoms. The lowest BCUT2D eigenvalue weighted by Gasteiger charge is -2.33. The summed E-state index contributed by atoms with van der Waals surface area (Å²) < 4.78 is 38.1. The molecule has 0 saturated carbocycles. The van der Waals surface area contributed by atoms with Crippen LogP contribution in [0.15, 0.2) is 24.3 Å². The van der Waals surface area contributed by atoms with Crippen molar-refractivity contribution in [1.82, 2.24) is 4.90 Å². The number of nitrogens with zero attached hydrogens (tertiary/aromatic N) is 2. The average Bonchev–Trinajstić information content (AvgIpc) is 2.46. The van der Waals surface area contributed by atoms with Crippen LogP contribution in [0.2, 0.25) is 0 Å². The highest BCUT2D eigenvalue weighted by molar-refractivity contribution is 5.89. The molecule has 0 unspecified atom stereocenters. The molecule has 1 N–H and O–H groups in total. The van der Waals surface area contributed by atoms with Crippen LogP contribution in [0.4, 0.5) is 29.3 Å². The van der Waals surface area contributed by atoms with Gasteiger partial charge < -0.3 is 10.2 Å². The molecule has 1 fully saturated rings. The number of carbonyl (C=O) groups is 1. The number of amides is 2. The van der Waals surface area contributed by atoms with Crippen molar-refractivity contribution in [3.63, 3.8) is 0 Å². The van der Waals surface area contributed by atoms with E-state index in [0.29, 0.717) is 0 Å². The number of halogens is 3. The summed E-state index contributed by atoms with van der Waals surface area (Å²) in [5.41, 5.74) is -0.0297. The second kappa shape index (κ2) is 6.20. The Kier molecular flexibility index (Phi) is 4.53. The first-order valence-electron chi connectivity index (χ1n) is 6.64. The number of piperidine rings is 1. The van der Waals surface area contributed by atoms with Gasteiger partial charge in [0.05, 0.1) is 10.8 Å². The summed E-state index contributed by atoms with van der Waals surface area (Å²) in [6.07, 6.45) is -4.05. The monoisotopic (exact) mass is 317 g/mol. The Morgan fingerprint density at radius 2 is 2.14 bits per heavy atom. The number of hydrogen-bond acceptors (Lipinski definition) is 3. The molecular weight excluding hydrogens is 303 g/mol. The molecule has 1 aromatic carbocycles. The van der Waals surface area contributed by atoms with E-state index in [1.807, 2.05) is 0 Å². The number of hydrogen-bond donors (Lipinski definition) is 1. The van der Waals surface area contributed by atoms with Crippen LogP contribution in [-0.2, 0) is 0 Å². The molecule has 0 spiro atoms. The number of likely N-dealkylation sites (tertiary alicyclic amines) is 1. The molecule has 2 amide bonds. The Morgan fingerprint density at radius 1 is 1.41 bits per heavy atom. The standard InChI is InChI=1S/C13H14F3N3O3/c14-13(15,16)9-3-2-6-18(8-9)12(20)17-10-4-1-5-11(7-10)19(21)22/h1,4-5,7,9H,2-3,6,8H2,(H,17,20)/t9-/m0/s1. The van der Waals surface area contributed by atoms with Crippen molar-refractivity contribution in [3.8, 4) is 0 Å². The van der Waals surface area contributed by atoms with Gasteiger partial charge in [-0.3, -0.25) is 10.1 Å². The zero-order valence-electron chi connectivity index (χ0n) is 11.5. The number of non-ortho nitro benzene ring substituents is 1. The molecule has 1 aliphatic heterocycles. The normalized spacial score (nSPS) is 18.9. The van der Waals surface area contributed by atoms with Gasteiger partial charge in [0.15, 0.2) is 0 Å². The van der Waals surface area contributed by atoms with Crippen LogP contribution in [0.1, 0.15) is 12.8 Å². The lowest BCUT2D eigenvalue weighted by atomic mass is 9.98. The van der Waals surface area contributed by atoms with Gasteiger partial charge in [-0.1, -0.05) is 6.07 Å². The van der Waals surface area contributed by atoms with Crippen molar-refractivity contribution in [1.29, 1.82) is 0 Å². The molecule has 0 radical (unpaired) electrons. The highest BCUT2D eigenvalue weighted by Crippen LogP contribution is 2.33. The van der Waals surface area contributed by atoms with Crippen LogP contribution < -0.4 is 5.32 Å². The van der Waals surface area contributed by atoms with Gasteiger partial charge in [0, 0.05) is 30.9 Å². The van der Waals surface area contributed by atoms with Crippen molar-refractivity contribution < 1.29 is 22.9 Å². The molecule has 120 valence electrons. The van der Waals surface area contributed by atoms with E-state index in [1.54, 1.807) is 0 Å². The van der Waals surface area contributed by atoms with Gasteiger partial charge in [0.25, 0.3) is 5.69 Å². The number of benzene rings is 1. The smallest absolute Gasteiger partial charge is 0.324 e. The number of carbonyl (C=O) groups excluding carboxylic acids is 1. The maximum atomic E-state index is 12.7. The fourth-order valence-corrected chi connectivity index (χ4v) is 2.33. The molecule has 2 rings (SSSR count). The molecule has 1 saturated heterocycles. The summed E-state index contributed by atoms with van der Waals surface area (Å²) >= 11 is 0. The highest BCUT2D eigenvalue weighted by atomic mass is 19.4. The van der Waals surface area contributed by atoms with Gasteiger partial charge in [-0.05, 0) is 18.9 Å². The molecule has 1 heterocycles. The average molecular weight is 317 g/mol. The van der Waals surface area contributed by atoms with Gasteiger partial charge in [-0.2, -0.15) is 13.2 Å². The van der Waals surface area contributed by atoms with E-state index in [2.05, 4.69) is 5.32 Å². The van der Waals surface area contributed by atoms with E-state index in [-0.39, 0.29) is 30.8 Å². The van der Waals surface area contributed by atoms with Crippen LogP contribution in [0.3, 0.4) is 0 Å². The minimum absolute atomic E-state index is 0.00406. The van der Waals surface area contributed by atoms with Crippen LogP contribution in [-0.4, -0.2) is 35.1 Å². The molecule has 1 atom stereocenters. The summed E-state index contributed by atoms with van der Waals surface area (Å²) in [6.45, 7) is -0.169. The Hall–Kier alpha value is -2.32. The molecule has 0 aliphatic carbocycles. The summed E-state index contributed by atoms with van der Waals surface area (Å²) in [4.78, 5) is 23.1. The maximum Gasteiger partial charge on any atom is 0.393 e. The quantitative estimate of drug-likeness (QED) is 0.671. The summed E-state index contributed by atoms with van der Waals surface area (Å²) in [7, 11) is 0. The van der Waals surface area contributed by atoms with Crippen molar-refractivity contribution in [2.24, 2.45) is 5.92 Å². The van der Waals surface area contributed by atoms with E-state index in [4.69, 9.17) is 0 Å². The molecule has 6 nitrogen and oxygen atoms in total. The van der Waals surface area contributed by atoms with Gasteiger partial charge in [-0.25, -0.2) is 4.79 Å². The highest BCUT2D eigenvalue weighted by Gasteiger charge is 2.42. The lowest BCUT2D eigenvalue weighted by molar-refractivity contribution is -0.384. The number of nitro groups is 1. The number of nitrogens with one attached hydrogen (secondary N) is 1. The molecule has 22 heavy (non-hydrogen) atoms. The Morgan fingerprint density at radius 3 is 2.77 bits per heavy atom. The predicted molar refractivity (Wildman–Crippen MR) is 72.5 cm³/mol. The van der Waals surface area contributed by atoms with E-state index in [0.717, 1.165) is 11.0 Å². The summed E-state index contributed by atoms with van der Waals surface area (Å²) in [5, 5.41) is 13.0. The SMILES string of the molecule is O=C(Nc1cccc([N+](=O)[O-])c1)N1CCC[C@H](C(F)(F)F)C1. The van der Waals surface area contributed by atoms with Gasteiger partial charge >= 0.3 is 12.2 Å². The van der Waals surface area contributed by atoms with Crippen molar-refractivity contribution in [3.05, 3.63) is 34.4 Å². The number of urea groups is 1. The van der Waals surface area contributed by atoms with Crippen molar-refractivity contribution >= 4 is 17.4 Å². The Labute approximate surface area is 124 Å². The van der Waals surface area contributed by atoms with Crippen molar-refractivity contribution in [2.75, 3.05) is 18.4 Å². The Bertz CT molecular complexity index is 577. The lowest BCUT2D eigenvalue weighted by Crippen LogP contribution is -2.46. The number of rotatable bonds is 2. The topological polar surface area (TPSA) is 75.5 Å². The van der Waals surface area contributed by atoms with E-state index in [1.165, 1.54) is 18.2 Å². The first kappa shape index (κ1) is 16.1. The van der Waals surface area contributed by atoms with Gasteiger partial charge in [0.2, 0.25) is 0 Å². The minimum atomic E-state index is -4.33. The van der Waals surface area contributed by atoms with Crippen LogP contribution in [0.5, 0.6) is 0 Å². The summed E-state index contributed by atoms with van der Waals surface area (Å²) in [6, 6.07) is 4.56. The van der Waals surface area contributed by atoms with E-state index >= 15 is 0 Å². The number of alkyl halides is 3.